The molecule has 0 aliphatic rings. The Morgan fingerprint density at radius 1 is 1.00 bits per heavy atom. The lowest BCUT2D eigenvalue weighted by atomic mass is 10.2. The molecular weight excluding hydrogens is 518 g/mol. The van der Waals surface area contributed by atoms with Crippen molar-refractivity contribution in [3.05, 3.63) is 82.0 Å². The number of benzene rings is 2. The summed E-state index contributed by atoms with van der Waals surface area (Å²) in [4.78, 5) is 28.7. The number of amides is 1. The molecular formula is C22H16ClN3O5S3. The van der Waals surface area contributed by atoms with Gasteiger partial charge in [0.05, 0.1) is 15.6 Å². The smallest absolute Gasteiger partial charge is 0.338 e. The van der Waals surface area contributed by atoms with Gasteiger partial charge in [0.2, 0.25) is 0 Å². The highest BCUT2D eigenvalue weighted by Crippen LogP contribution is 2.27. The van der Waals surface area contributed by atoms with Gasteiger partial charge in [-0.25, -0.2) is 18.2 Å². The fourth-order valence-electron chi connectivity index (χ4n) is 2.76. The Bertz CT molecular complexity index is 1420. The molecule has 2 aromatic carbocycles. The first kappa shape index (κ1) is 23.9. The van der Waals surface area contributed by atoms with E-state index in [4.69, 9.17) is 16.3 Å². The minimum atomic E-state index is -3.78. The largest absolute Gasteiger partial charge is 0.452 e. The fraction of sp³-hybridized carbons (Fsp3) is 0.0455. The van der Waals surface area contributed by atoms with E-state index in [1.165, 1.54) is 47.7 Å². The van der Waals surface area contributed by atoms with Crippen LogP contribution in [-0.2, 0) is 19.6 Å². The van der Waals surface area contributed by atoms with Gasteiger partial charge in [-0.2, -0.15) is 0 Å². The molecule has 0 bridgehead atoms. The number of carbonyl (C=O) groups is 2. The van der Waals surface area contributed by atoms with Gasteiger partial charge in [-0.05, 0) is 36.4 Å². The number of hydrogen-bond acceptors (Lipinski definition) is 8. The minimum Gasteiger partial charge on any atom is -0.452 e. The first-order chi connectivity index (χ1) is 16.3. The van der Waals surface area contributed by atoms with Gasteiger partial charge in [-0.15, -0.1) is 22.7 Å². The van der Waals surface area contributed by atoms with Crippen molar-refractivity contribution in [1.82, 2.24) is 4.98 Å². The second kappa shape index (κ2) is 10.3. The molecule has 0 saturated carbocycles. The average Bonchev–Trinajstić information content (AvgIpc) is 3.48. The Kier molecular flexibility index (Phi) is 7.27. The number of carbonyl (C=O) groups excluding carboxylic acids is 2. The highest BCUT2D eigenvalue weighted by atomic mass is 35.5. The van der Waals surface area contributed by atoms with Gasteiger partial charge in [0.15, 0.2) is 11.7 Å². The maximum atomic E-state index is 12.3. The summed E-state index contributed by atoms with van der Waals surface area (Å²) in [6.07, 6.45) is 0. The van der Waals surface area contributed by atoms with Crippen LogP contribution in [0.1, 0.15) is 10.4 Å². The monoisotopic (exact) mass is 533 g/mol. The van der Waals surface area contributed by atoms with Crippen LogP contribution in [0.3, 0.4) is 0 Å². The third kappa shape index (κ3) is 6.00. The topological polar surface area (TPSA) is 114 Å². The maximum Gasteiger partial charge on any atom is 0.338 e. The minimum absolute atomic E-state index is 0.0723. The molecule has 0 fully saturated rings. The molecule has 0 aliphatic heterocycles. The summed E-state index contributed by atoms with van der Waals surface area (Å²) in [6, 6.07) is 18.1. The van der Waals surface area contributed by atoms with E-state index in [-0.39, 0.29) is 15.5 Å². The third-order valence-electron chi connectivity index (χ3n) is 4.34. The summed E-state index contributed by atoms with van der Waals surface area (Å²) in [7, 11) is -3.78. The number of ether oxygens (including phenoxy) is 1. The molecule has 1 amide bonds. The van der Waals surface area contributed by atoms with Crippen LogP contribution in [0.4, 0.5) is 10.8 Å². The molecule has 0 atom stereocenters. The lowest BCUT2D eigenvalue weighted by Crippen LogP contribution is -2.20. The molecule has 0 unspecified atom stereocenters. The lowest BCUT2D eigenvalue weighted by Gasteiger charge is -2.08. The van der Waals surface area contributed by atoms with Crippen LogP contribution in [0.25, 0.3) is 11.3 Å². The number of anilines is 2. The van der Waals surface area contributed by atoms with Crippen LogP contribution in [0.2, 0.25) is 4.34 Å². The molecule has 34 heavy (non-hydrogen) atoms. The molecule has 4 aromatic rings. The summed E-state index contributed by atoms with van der Waals surface area (Å²) < 4.78 is 32.6. The number of thiazole rings is 1. The van der Waals surface area contributed by atoms with Crippen LogP contribution < -0.4 is 10.0 Å². The van der Waals surface area contributed by atoms with E-state index >= 15 is 0 Å². The number of nitrogens with one attached hydrogen (secondary N) is 2. The number of hydrogen-bond donors (Lipinski definition) is 2. The number of aromatic nitrogens is 1. The summed E-state index contributed by atoms with van der Waals surface area (Å²) in [5.74, 6) is -1.25. The first-order valence-electron chi connectivity index (χ1n) is 9.66. The van der Waals surface area contributed by atoms with Crippen molar-refractivity contribution in [2.24, 2.45) is 0 Å². The number of halogens is 1. The van der Waals surface area contributed by atoms with Crippen molar-refractivity contribution < 1.29 is 22.7 Å². The predicted molar refractivity (Wildman–Crippen MR) is 133 cm³/mol. The van der Waals surface area contributed by atoms with Gasteiger partial charge in [-0.1, -0.05) is 41.9 Å². The van der Waals surface area contributed by atoms with Crippen molar-refractivity contribution >= 4 is 67.0 Å². The van der Waals surface area contributed by atoms with Gasteiger partial charge >= 0.3 is 5.97 Å². The predicted octanol–water partition coefficient (Wildman–Crippen LogP) is 5.12. The van der Waals surface area contributed by atoms with Crippen molar-refractivity contribution in [2.75, 3.05) is 16.6 Å². The Labute approximate surface area is 208 Å². The number of thiophene rings is 1. The molecule has 0 aliphatic carbocycles. The average molecular weight is 534 g/mol. The quantitative estimate of drug-likeness (QED) is 0.304. The zero-order valence-corrected chi connectivity index (χ0v) is 20.4. The molecule has 2 aromatic heterocycles. The van der Waals surface area contributed by atoms with Crippen LogP contribution in [0.5, 0.6) is 0 Å². The number of sulfonamides is 1. The van der Waals surface area contributed by atoms with E-state index in [1.54, 1.807) is 0 Å². The molecule has 2 N–H and O–H groups in total. The second-order valence-electron chi connectivity index (χ2n) is 6.77. The summed E-state index contributed by atoms with van der Waals surface area (Å²) in [6.45, 7) is -0.493. The highest BCUT2D eigenvalue weighted by molar-refractivity contribution is 7.94. The Balaban J connectivity index is 1.29. The highest BCUT2D eigenvalue weighted by Gasteiger charge is 2.17. The number of nitrogens with zero attached hydrogens (tertiary/aromatic N) is 1. The summed E-state index contributed by atoms with van der Waals surface area (Å²) >= 11 is 7.99. The van der Waals surface area contributed by atoms with Gasteiger partial charge in [0, 0.05) is 16.6 Å². The van der Waals surface area contributed by atoms with E-state index in [1.807, 2.05) is 35.7 Å². The standard InChI is InChI=1S/C22H16ClN3O5S3/c23-18-10-11-20(33-18)34(29,30)26-16-8-6-15(7-9-16)21(28)31-12-19(27)25-22-24-17(13-32-22)14-4-2-1-3-5-14/h1-11,13,26H,12H2,(H,24,25,27). The van der Waals surface area contributed by atoms with Crippen LogP contribution in [0.15, 0.2) is 76.3 Å². The summed E-state index contributed by atoms with van der Waals surface area (Å²) in [5.41, 5.74) is 2.08. The SMILES string of the molecule is O=C(COC(=O)c1ccc(NS(=O)(=O)c2ccc(Cl)s2)cc1)Nc1nc(-c2ccccc2)cs1. The van der Waals surface area contributed by atoms with E-state index in [9.17, 15) is 18.0 Å². The van der Waals surface area contributed by atoms with Crippen LogP contribution in [-0.4, -0.2) is 31.9 Å². The van der Waals surface area contributed by atoms with Crippen LogP contribution >= 0.6 is 34.3 Å². The van der Waals surface area contributed by atoms with E-state index in [2.05, 4.69) is 15.0 Å². The molecule has 8 nitrogen and oxygen atoms in total. The second-order valence-corrected chi connectivity index (χ2v) is 11.3. The summed E-state index contributed by atoms with van der Waals surface area (Å²) in [5, 5.41) is 4.81. The number of esters is 1. The Hall–Kier alpha value is -3.25. The molecule has 0 radical (unpaired) electrons. The Morgan fingerprint density at radius 2 is 1.74 bits per heavy atom. The van der Waals surface area contributed by atoms with Gasteiger partial charge in [0.25, 0.3) is 15.9 Å². The molecule has 0 saturated heterocycles. The lowest BCUT2D eigenvalue weighted by molar-refractivity contribution is -0.119. The Morgan fingerprint density at radius 3 is 2.41 bits per heavy atom. The van der Waals surface area contributed by atoms with E-state index in [0.717, 1.165) is 22.6 Å². The molecule has 174 valence electrons. The van der Waals surface area contributed by atoms with Crippen molar-refractivity contribution in [1.29, 1.82) is 0 Å². The zero-order valence-electron chi connectivity index (χ0n) is 17.2. The third-order valence-corrected chi connectivity index (χ3v) is 8.20. The van der Waals surface area contributed by atoms with E-state index in [0.29, 0.717) is 9.47 Å². The van der Waals surface area contributed by atoms with Crippen molar-refractivity contribution in [3.63, 3.8) is 0 Å². The van der Waals surface area contributed by atoms with Gasteiger partial charge in [0.1, 0.15) is 4.21 Å². The van der Waals surface area contributed by atoms with E-state index < -0.39 is 28.5 Å². The maximum absolute atomic E-state index is 12.3. The number of rotatable bonds is 8. The fourth-order valence-corrected chi connectivity index (χ4v) is 6.04. The molecule has 12 heteroatoms. The van der Waals surface area contributed by atoms with Crippen molar-refractivity contribution in [2.45, 2.75) is 4.21 Å². The zero-order chi connectivity index (χ0) is 24.1. The van der Waals surface area contributed by atoms with Crippen LogP contribution in [0, 0.1) is 0 Å². The molecule has 2 heterocycles. The molecule has 0 spiro atoms. The van der Waals surface area contributed by atoms with Gasteiger partial charge in [-0.3, -0.25) is 14.8 Å². The normalized spacial score (nSPS) is 11.1. The van der Waals surface area contributed by atoms with Gasteiger partial charge < -0.3 is 4.74 Å². The molecule has 4 rings (SSSR count). The van der Waals surface area contributed by atoms with Crippen molar-refractivity contribution in [3.8, 4) is 11.3 Å². The first-order valence-corrected chi connectivity index (χ1v) is 13.2.